The van der Waals surface area contributed by atoms with Crippen LogP contribution in [0.2, 0.25) is 0 Å². The zero-order chi connectivity index (χ0) is 21.1. The maximum Gasteiger partial charge on any atom is 0.338 e. The second-order valence-electron chi connectivity index (χ2n) is 7.29. The fourth-order valence-corrected chi connectivity index (χ4v) is 3.64. The summed E-state index contributed by atoms with van der Waals surface area (Å²) in [5.74, 6) is -0.979. The monoisotopic (exact) mass is 400 g/mol. The summed E-state index contributed by atoms with van der Waals surface area (Å²) in [6, 6.07) is 5.77. The molecule has 8 heteroatoms. The van der Waals surface area contributed by atoms with Gasteiger partial charge in [0.1, 0.15) is 0 Å². The molecule has 0 unspecified atom stereocenters. The number of rotatable bonds is 7. The summed E-state index contributed by atoms with van der Waals surface area (Å²) < 4.78 is 12.9. The van der Waals surface area contributed by atoms with Crippen LogP contribution in [0.3, 0.4) is 0 Å². The van der Waals surface area contributed by atoms with Crippen LogP contribution in [0.25, 0.3) is 0 Å². The first kappa shape index (κ1) is 20.7. The van der Waals surface area contributed by atoms with Crippen LogP contribution >= 0.6 is 0 Å². The molecule has 1 fully saturated rings. The van der Waals surface area contributed by atoms with Gasteiger partial charge in [-0.1, -0.05) is 0 Å². The Kier molecular flexibility index (Phi) is 6.12. The van der Waals surface area contributed by atoms with Gasteiger partial charge >= 0.3 is 5.97 Å². The summed E-state index contributed by atoms with van der Waals surface area (Å²) >= 11 is 0. The van der Waals surface area contributed by atoms with Crippen molar-refractivity contribution in [1.29, 1.82) is 0 Å². The molecule has 29 heavy (non-hydrogen) atoms. The molecule has 0 aliphatic carbocycles. The quantitative estimate of drug-likeness (QED) is 0.305. The van der Waals surface area contributed by atoms with E-state index in [1.54, 1.807) is 13.0 Å². The van der Waals surface area contributed by atoms with Gasteiger partial charge in [0.25, 0.3) is 5.69 Å². The summed E-state index contributed by atoms with van der Waals surface area (Å²) in [5, 5.41) is 10.9. The Hall–Kier alpha value is -3.00. The van der Waals surface area contributed by atoms with Crippen molar-refractivity contribution >= 4 is 17.4 Å². The van der Waals surface area contributed by atoms with Gasteiger partial charge in [0, 0.05) is 41.7 Å². The molecule has 154 valence electrons. The Bertz CT molecular complexity index is 956. The number of esters is 1. The van der Waals surface area contributed by atoms with E-state index < -0.39 is 10.9 Å². The highest BCUT2D eigenvalue weighted by Crippen LogP contribution is 2.22. The van der Waals surface area contributed by atoms with E-state index in [1.165, 1.54) is 18.2 Å². The molecule has 1 aliphatic rings. The van der Waals surface area contributed by atoms with Crippen molar-refractivity contribution < 1.29 is 24.0 Å². The number of nitro benzene ring substituents is 1. The van der Waals surface area contributed by atoms with Crippen LogP contribution in [0, 0.1) is 30.9 Å². The maximum atomic E-state index is 12.6. The molecule has 0 spiro atoms. The van der Waals surface area contributed by atoms with Crippen molar-refractivity contribution in [3.8, 4) is 0 Å². The zero-order valence-electron chi connectivity index (χ0n) is 16.8. The van der Waals surface area contributed by atoms with Crippen LogP contribution < -0.4 is 0 Å². The molecule has 2 heterocycles. The first-order chi connectivity index (χ1) is 13.8. The molecule has 3 rings (SSSR count). The molecular weight excluding hydrogens is 376 g/mol. The third-order valence-corrected chi connectivity index (χ3v) is 5.25. The predicted molar refractivity (Wildman–Crippen MR) is 105 cm³/mol. The molecule has 1 aliphatic heterocycles. The van der Waals surface area contributed by atoms with Gasteiger partial charge in [0.15, 0.2) is 6.61 Å². The Balaban J connectivity index is 1.65. The van der Waals surface area contributed by atoms with Crippen LogP contribution in [-0.2, 0) is 16.0 Å². The van der Waals surface area contributed by atoms with E-state index in [0.29, 0.717) is 17.7 Å². The average molecular weight is 400 g/mol. The Morgan fingerprint density at radius 2 is 2.03 bits per heavy atom. The van der Waals surface area contributed by atoms with Gasteiger partial charge in [-0.05, 0) is 51.8 Å². The molecule has 0 radical (unpaired) electrons. The third kappa shape index (κ3) is 4.54. The summed E-state index contributed by atoms with van der Waals surface area (Å²) in [7, 11) is 0. The number of aryl methyl sites for hydroxylation is 2. The third-order valence-electron chi connectivity index (χ3n) is 5.25. The Labute approximate surface area is 168 Å². The highest BCUT2D eigenvalue weighted by Gasteiger charge is 2.22. The van der Waals surface area contributed by atoms with Crippen molar-refractivity contribution in [3.05, 3.63) is 62.5 Å². The summed E-state index contributed by atoms with van der Waals surface area (Å²) in [6.45, 7) is 6.43. The van der Waals surface area contributed by atoms with Gasteiger partial charge in [-0.25, -0.2) is 4.79 Å². The summed E-state index contributed by atoms with van der Waals surface area (Å²) in [5.41, 5.74) is 2.76. The normalized spacial score (nSPS) is 16.0. The number of ether oxygens (including phenoxy) is 2. The molecule has 0 amide bonds. The van der Waals surface area contributed by atoms with Gasteiger partial charge in [-0.3, -0.25) is 14.9 Å². The number of nitro groups is 1. The van der Waals surface area contributed by atoms with E-state index in [4.69, 9.17) is 9.47 Å². The SMILES string of the molecule is Cc1cc(C(=O)OCC(=O)c2cc(C)n(C[C@H]3CCCO3)c2C)ccc1[N+](=O)[O-]. The molecule has 2 aromatic rings. The zero-order valence-corrected chi connectivity index (χ0v) is 16.8. The smallest absolute Gasteiger partial charge is 0.338 e. The number of hydrogen-bond acceptors (Lipinski definition) is 6. The van der Waals surface area contributed by atoms with Crippen LogP contribution in [0.1, 0.15) is 50.5 Å². The van der Waals surface area contributed by atoms with Gasteiger partial charge in [-0.15, -0.1) is 0 Å². The number of aromatic nitrogens is 1. The molecule has 1 atom stereocenters. The number of nitrogens with zero attached hydrogens (tertiary/aromatic N) is 2. The van der Waals surface area contributed by atoms with Gasteiger partial charge in [0.05, 0.1) is 16.6 Å². The number of hydrogen-bond donors (Lipinski definition) is 0. The molecule has 1 aromatic carbocycles. The largest absolute Gasteiger partial charge is 0.454 e. The lowest BCUT2D eigenvalue weighted by Crippen LogP contribution is -2.18. The molecule has 1 aromatic heterocycles. The number of ketones is 1. The van der Waals surface area contributed by atoms with Gasteiger partial charge < -0.3 is 14.0 Å². The fraction of sp³-hybridized carbons (Fsp3) is 0.429. The van der Waals surface area contributed by atoms with E-state index in [9.17, 15) is 19.7 Å². The predicted octanol–water partition coefficient (Wildman–Crippen LogP) is 3.54. The molecular formula is C21H24N2O6. The fourth-order valence-electron chi connectivity index (χ4n) is 3.64. The lowest BCUT2D eigenvalue weighted by molar-refractivity contribution is -0.385. The van der Waals surface area contributed by atoms with Crippen molar-refractivity contribution in [3.63, 3.8) is 0 Å². The number of Topliss-reactive ketones (excluding diaryl/α,β-unsaturated/α-hetero) is 1. The molecule has 8 nitrogen and oxygen atoms in total. The first-order valence-corrected chi connectivity index (χ1v) is 9.51. The molecule has 1 saturated heterocycles. The second kappa shape index (κ2) is 8.57. The second-order valence-corrected chi connectivity index (χ2v) is 7.29. The van der Waals surface area contributed by atoms with Crippen LogP contribution in [0.5, 0.6) is 0 Å². The van der Waals surface area contributed by atoms with Crippen molar-refractivity contribution in [2.24, 2.45) is 0 Å². The average Bonchev–Trinajstić information content (AvgIpc) is 3.29. The van der Waals surface area contributed by atoms with Crippen LogP contribution in [-0.4, -0.2) is 40.6 Å². The lowest BCUT2D eigenvalue weighted by atomic mass is 10.1. The van der Waals surface area contributed by atoms with E-state index in [2.05, 4.69) is 4.57 Å². The van der Waals surface area contributed by atoms with Crippen LogP contribution in [0.15, 0.2) is 24.3 Å². The highest BCUT2D eigenvalue weighted by atomic mass is 16.6. The summed E-state index contributed by atoms with van der Waals surface area (Å²) in [6.07, 6.45) is 2.21. The maximum absolute atomic E-state index is 12.6. The van der Waals surface area contributed by atoms with Gasteiger partial charge in [0.2, 0.25) is 5.78 Å². The number of benzene rings is 1. The number of carbonyl (C=O) groups is 2. The Morgan fingerprint density at radius 3 is 2.66 bits per heavy atom. The molecule has 0 N–H and O–H groups in total. The minimum Gasteiger partial charge on any atom is -0.454 e. The van der Waals surface area contributed by atoms with Crippen LogP contribution in [0.4, 0.5) is 5.69 Å². The van der Waals surface area contributed by atoms with Gasteiger partial charge in [-0.2, -0.15) is 0 Å². The molecule has 0 bridgehead atoms. The van der Waals surface area contributed by atoms with E-state index in [0.717, 1.165) is 30.8 Å². The first-order valence-electron chi connectivity index (χ1n) is 9.51. The number of carbonyl (C=O) groups excluding carboxylic acids is 2. The highest BCUT2D eigenvalue weighted by molar-refractivity contribution is 6.00. The summed E-state index contributed by atoms with van der Waals surface area (Å²) in [4.78, 5) is 35.2. The molecule has 0 saturated carbocycles. The van der Waals surface area contributed by atoms with Crippen molar-refractivity contribution in [2.45, 2.75) is 46.3 Å². The lowest BCUT2D eigenvalue weighted by Gasteiger charge is -2.14. The Morgan fingerprint density at radius 1 is 1.28 bits per heavy atom. The standard InChI is InChI=1S/C21H24N2O6/c1-13-9-16(6-7-19(13)23(26)27)21(25)29-12-20(24)18-10-14(2)22(15(18)3)11-17-5-4-8-28-17/h6-7,9-10,17H,4-5,8,11-12H2,1-3H3/t17-/m1/s1. The van der Waals surface area contributed by atoms with E-state index >= 15 is 0 Å². The van der Waals surface area contributed by atoms with Crippen molar-refractivity contribution in [1.82, 2.24) is 4.57 Å². The minimum absolute atomic E-state index is 0.0729. The van der Waals surface area contributed by atoms with Crippen molar-refractivity contribution in [2.75, 3.05) is 13.2 Å². The topological polar surface area (TPSA) is 101 Å². The van der Waals surface area contributed by atoms with E-state index in [1.807, 2.05) is 13.8 Å². The van der Waals surface area contributed by atoms with E-state index in [-0.39, 0.29) is 29.7 Å². The minimum atomic E-state index is -0.690.